The van der Waals surface area contributed by atoms with E-state index in [9.17, 15) is 9.59 Å². The Morgan fingerprint density at radius 3 is 2.62 bits per heavy atom. The van der Waals surface area contributed by atoms with Gasteiger partial charge in [-0.3, -0.25) is 4.79 Å². The molecule has 21 heavy (non-hydrogen) atoms. The summed E-state index contributed by atoms with van der Waals surface area (Å²) in [5.74, 6) is -0.477. The summed E-state index contributed by atoms with van der Waals surface area (Å²) < 4.78 is 0. The second-order valence-electron chi connectivity index (χ2n) is 5.10. The molecule has 0 aliphatic rings. The second-order valence-corrected chi connectivity index (χ2v) is 5.10. The Morgan fingerprint density at radius 1 is 1.43 bits per heavy atom. The quantitative estimate of drug-likeness (QED) is 0.636. The number of amides is 1. The predicted molar refractivity (Wildman–Crippen MR) is 81.3 cm³/mol. The number of carboxylic acid groups (broad SMARTS) is 1. The highest BCUT2D eigenvalue weighted by Gasteiger charge is 2.19. The Labute approximate surface area is 124 Å². The van der Waals surface area contributed by atoms with Gasteiger partial charge in [-0.15, -0.1) is 6.58 Å². The Morgan fingerprint density at radius 2 is 2.14 bits per heavy atom. The smallest absolute Gasteiger partial charge is 0.326 e. The Hall–Kier alpha value is -2.37. The number of rotatable bonds is 8. The topological polar surface area (TPSA) is 91.3 Å². The number of hydrogen-bond acceptors (Lipinski definition) is 4. The van der Waals surface area contributed by atoms with Crippen molar-refractivity contribution < 1.29 is 14.7 Å². The van der Waals surface area contributed by atoms with Crippen molar-refractivity contribution in [1.29, 1.82) is 0 Å². The number of aliphatic carboxylic acids is 1. The molecule has 1 amide bonds. The molecule has 1 heterocycles. The summed E-state index contributed by atoms with van der Waals surface area (Å²) in [6, 6.07) is 2.50. The monoisotopic (exact) mass is 291 g/mol. The zero-order valence-corrected chi connectivity index (χ0v) is 12.3. The van der Waals surface area contributed by atoms with Crippen molar-refractivity contribution in [2.24, 2.45) is 5.92 Å². The van der Waals surface area contributed by atoms with E-state index in [4.69, 9.17) is 5.11 Å². The van der Waals surface area contributed by atoms with Crippen molar-refractivity contribution in [3.05, 3.63) is 36.5 Å². The predicted octanol–water partition coefficient (Wildman–Crippen LogP) is 1.91. The van der Waals surface area contributed by atoms with E-state index in [-0.39, 0.29) is 11.8 Å². The molecule has 0 aliphatic carbocycles. The van der Waals surface area contributed by atoms with E-state index in [2.05, 4.69) is 22.2 Å². The van der Waals surface area contributed by atoms with Gasteiger partial charge in [-0.05, 0) is 24.5 Å². The minimum atomic E-state index is -0.918. The van der Waals surface area contributed by atoms with Crippen LogP contribution in [0, 0.1) is 5.92 Å². The molecular formula is C15H21N3O3. The van der Waals surface area contributed by atoms with Gasteiger partial charge in [-0.1, -0.05) is 19.9 Å². The van der Waals surface area contributed by atoms with Crippen molar-refractivity contribution in [3.8, 4) is 0 Å². The summed E-state index contributed by atoms with van der Waals surface area (Å²) in [4.78, 5) is 26.9. The first-order chi connectivity index (χ1) is 9.93. The van der Waals surface area contributed by atoms with Gasteiger partial charge >= 0.3 is 5.97 Å². The first-order valence-electron chi connectivity index (χ1n) is 6.78. The van der Waals surface area contributed by atoms with Gasteiger partial charge < -0.3 is 15.7 Å². The summed E-state index contributed by atoms with van der Waals surface area (Å²) in [5.41, 5.74) is 0.415. The van der Waals surface area contributed by atoms with Gasteiger partial charge in [0, 0.05) is 12.7 Å². The van der Waals surface area contributed by atoms with Gasteiger partial charge in [0.1, 0.15) is 11.9 Å². The van der Waals surface area contributed by atoms with Gasteiger partial charge in [-0.25, -0.2) is 9.78 Å². The van der Waals surface area contributed by atoms with Crippen molar-refractivity contribution in [2.45, 2.75) is 26.3 Å². The van der Waals surface area contributed by atoms with Crippen LogP contribution >= 0.6 is 0 Å². The lowest BCUT2D eigenvalue weighted by molar-refractivity contribution is -0.138. The number of hydrogen-bond donors (Lipinski definition) is 3. The summed E-state index contributed by atoms with van der Waals surface area (Å²) in [5, 5.41) is 14.7. The maximum Gasteiger partial charge on any atom is 0.326 e. The number of nitrogens with zero attached hydrogens (tertiary/aromatic N) is 1. The summed E-state index contributed by atoms with van der Waals surface area (Å²) in [7, 11) is 0. The molecule has 6 nitrogen and oxygen atoms in total. The summed E-state index contributed by atoms with van der Waals surface area (Å²) >= 11 is 0. The van der Waals surface area contributed by atoms with Crippen LogP contribution in [0.15, 0.2) is 31.0 Å². The van der Waals surface area contributed by atoms with E-state index in [0.29, 0.717) is 24.3 Å². The number of carbonyl (C=O) groups is 2. The molecule has 0 spiro atoms. The Kier molecular flexibility index (Phi) is 6.39. The van der Waals surface area contributed by atoms with E-state index in [1.54, 1.807) is 18.2 Å². The third-order valence-corrected chi connectivity index (χ3v) is 2.76. The van der Waals surface area contributed by atoms with Crippen LogP contribution in [0.4, 0.5) is 5.82 Å². The minimum absolute atomic E-state index is 0.245. The van der Waals surface area contributed by atoms with E-state index in [1.165, 1.54) is 6.20 Å². The van der Waals surface area contributed by atoms with Crippen LogP contribution < -0.4 is 10.6 Å². The summed E-state index contributed by atoms with van der Waals surface area (Å²) in [6.07, 6.45) is 3.50. The fraction of sp³-hybridized carbons (Fsp3) is 0.400. The van der Waals surface area contributed by atoms with Gasteiger partial charge in [0.15, 0.2) is 0 Å². The molecule has 0 aromatic carbocycles. The van der Waals surface area contributed by atoms with E-state index in [1.807, 2.05) is 13.8 Å². The Bertz CT molecular complexity index is 497. The van der Waals surface area contributed by atoms with Gasteiger partial charge in [0.25, 0.3) is 5.91 Å². The SMILES string of the molecule is C=CCNC(=O)c1ccc(N[C@@H](CC(C)C)C(=O)O)nc1. The van der Waals surface area contributed by atoms with Gasteiger partial charge in [-0.2, -0.15) is 0 Å². The highest BCUT2D eigenvalue weighted by Crippen LogP contribution is 2.12. The molecule has 3 N–H and O–H groups in total. The molecule has 0 radical (unpaired) electrons. The minimum Gasteiger partial charge on any atom is -0.480 e. The van der Waals surface area contributed by atoms with E-state index in [0.717, 1.165) is 0 Å². The number of nitrogens with one attached hydrogen (secondary N) is 2. The van der Waals surface area contributed by atoms with Crippen LogP contribution in [0.5, 0.6) is 0 Å². The molecule has 0 fully saturated rings. The molecule has 1 rings (SSSR count). The average Bonchev–Trinajstić information content (AvgIpc) is 2.44. The lowest BCUT2D eigenvalue weighted by Crippen LogP contribution is -2.31. The molecule has 114 valence electrons. The zero-order chi connectivity index (χ0) is 15.8. The molecular weight excluding hydrogens is 270 g/mol. The Balaban J connectivity index is 2.70. The highest BCUT2D eigenvalue weighted by atomic mass is 16.4. The molecule has 1 atom stereocenters. The van der Waals surface area contributed by atoms with Crippen molar-refractivity contribution in [1.82, 2.24) is 10.3 Å². The molecule has 1 aromatic heterocycles. The molecule has 0 unspecified atom stereocenters. The third kappa shape index (κ3) is 5.64. The van der Waals surface area contributed by atoms with Crippen molar-refractivity contribution in [2.75, 3.05) is 11.9 Å². The molecule has 0 aliphatic heterocycles. The first-order valence-corrected chi connectivity index (χ1v) is 6.78. The molecule has 0 saturated heterocycles. The summed E-state index contributed by atoms with van der Waals surface area (Å²) in [6.45, 7) is 7.81. The normalized spacial score (nSPS) is 11.8. The fourth-order valence-electron chi connectivity index (χ4n) is 1.75. The van der Waals surface area contributed by atoms with Crippen LogP contribution in [0.2, 0.25) is 0 Å². The van der Waals surface area contributed by atoms with Gasteiger partial charge in [0.2, 0.25) is 0 Å². The third-order valence-electron chi connectivity index (χ3n) is 2.76. The number of aromatic nitrogens is 1. The maximum absolute atomic E-state index is 11.7. The standard InChI is InChI=1S/C15H21N3O3/c1-4-7-16-14(19)11-5-6-13(17-9-11)18-12(15(20)21)8-10(2)3/h4-6,9-10,12H,1,7-8H2,2-3H3,(H,16,19)(H,17,18)(H,20,21)/t12-/m0/s1. The van der Waals surface area contributed by atoms with Crippen LogP contribution in [-0.2, 0) is 4.79 Å². The van der Waals surface area contributed by atoms with E-state index < -0.39 is 12.0 Å². The van der Waals surface area contributed by atoms with E-state index >= 15 is 0 Å². The molecule has 0 saturated carbocycles. The number of carboxylic acids is 1. The van der Waals surface area contributed by atoms with Crippen molar-refractivity contribution in [3.63, 3.8) is 0 Å². The van der Waals surface area contributed by atoms with Crippen LogP contribution in [-0.4, -0.2) is 34.6 Å². The number of pyridine rings is 1. The lowest BCUT2D eigenvalue weighted by atomic mass is 10.0. The highest BCUT2D eigenvalue weighted by molar-refractivity contribution is 5.94. The molecule has 1 aromatic rings. The van der Waals surface area contributed by atoms with Gasteiger partial charge in [0.05, 0.1) is 5.56 Å². The largest absolute Gasteiger partial charge is 0.480 e. The second kappa shape index (κ2) is 8.04. The number of anilines is 1. The molecule has 0 bridgehead atoms. The average molecular weight is 291 g/mol. The number of carbonyl (C=O) groups excluding carboxylic acids is 1. The first kappa shape index (κ1) is 16.7. The lowest BCUT2D eigenvalue weighted by Gasteiger charge is -2.17. The fourth-order valence-corrected chi connectivity index (χ4v) is 1.75. The van der Waals surface area contributed by atoms with Crippen molar-refractivity contribution >= 4 is 17.7 Å². The van der Waals surface area contributed by atoms with Crippen LogP contribution in [0.1, 0.15) is 30.6 Å². The molecule has 6 heteroatoms. The zero-order valence-electron chi connectivity index (χ0n) is 12.3. The van der Waals surface area contributed by atoms with Crippen LogP contribution in [0.25, 0.3) is 0 Å². The maximum atomic E-state index is 11.7. The van der Waals surface area contributed by atoms with Crippen LogP contribution in [0.3, 0.4) is 0 Å².